The zero-order valence-electron chi connectivity index (χ0n) is 19.5. The second-order valence-corrected chi connectivity index (χ2v) is 10.2. The van der Waals surface area contributed by atoms with E-state index in [1.165, 1.54) is 0 Å². The molecule has 1 heterocycles. The van der Waals surface area contributed by atoms with Crippen LogP contribution in [0.15, 0.2) is 35.6 Å². The van der Waals surface area contributed by atoms with E-state index >= 15 is 0 Å². The second kappa shape index (κ2) is 12.3. The van der Waals surface area contributed by atoms with Crippen molar-refractivity contribution in [3.05, 3.63) is 47.3 Å². The van der Waals surface area contributed by atoms with Crippen molar-refractivity contribution in [3.63, 3.8) is 0 Å². The van der Waals surface area contributed by atoms with Gasteiger partial charge in [0.1, 0.15) is 0 Å². The van der Waals surface area contributed by atoms with Crippen molar-refractivity contribution in [3.8, 4) is 0 Å². The number of aromatic nitrogens is 2. The van der Waals surface area contributed by atoms with Crippen LogP contribution in [0.1, 0.15) is 30.7 Å². The third kappa shape index (κ3) is 7.54. The van der Waals surface area contributed by atoms with Crippen LogP contribution in [0.2, 0.25) is 0 Å². The summed E-state index contributed by atoms with van der Waals surface area (Å²) < 4.78 is 38.6. The van der Waals surface area contributed by atoms with Crippen LogP contribution in [0.3, 0.4) is 0 Å². The standard InChI is InChI=1S/C22H34N4O4S2/c1-17(2)24-21(31)25(10-12-29-4)15-20-14-23-22(26(20)11-13-30-5)32(27,28)16-19-8-6-18(3)7-9-19/h6-9,14,17H,10-13,15-16H2,1-5H3,(H,24,31). The molecule has 0 saturated heterocycles. The molecule has 0 radical (unpaired) electrons. The van der Waals surface area contributed by atoms with E-state index < -0.39 is 9.84 Å². The van der Waals surface area contributed by atoms with E-state index in [2.05, 4.69) is 10.3 Å². The van der Waals surface area contributed by atoms with Crippen molar-refractivity contribution in [2.75, 3.05) is 34.0 Å². The molecule has 0 atom stereocenters. The van der Waals surface area contributed by atoms with Crippen LogP contribution in [0.4, 0.5) is 0 Å². The maximum atomic E-state index is 13.2. The first-order chi connectivity index (χ1) is 15.2. The Bertz CT molecular complexity index is 972. The van der Waals surface area contributed by atoms with Gasteiger partial charge in [0, 0.05) is 33.4 Å². The van der Waals surface area contributed by atoms with E-state index in [0.717, 1.165) is 16.8 Å². The van der Waals surface area contributed by atoms with E-state index in [0.29, 0.717) is 38.0 Å². The van der Waals surface area contributed by atoms with E-state index in [1.54, 1.807) is 25.0 Å². The lowest BCUT2D eigenvalue weighted by atomic mass is 10.2. The van der Waals surface area contributed by atoms with Crippen molar-refractivity contribution in [2.24, 2.45) is 0 Å². The van der Waals surface area contributed by atoms with Gasteiger partial charge in [0.2, 0.25) is 15.0 Å². The summed E-state index contributed by atoms with van der Waals surface area (Å²) in [4.78, 5) is 6.26. The molecule has 10 heteroatoms. The normalized spacial score (nSPS) is 11.7. The Hall–Kier alpha value is -2.01. The SMILES string of the molecule is COCCN(Cc1cnc(S(=O)(=O)Cc2ccc(C)cc2)n1CCOC)C(=S)NC(C)C. The summed E-state index contributed by atoms with van der Waals surface area (Å²) in [6.45, 7) is 8.19. The molecule has 0 fully saturated rings. The van der Waals surface area contributed by atoms with Gasteiger partial charge in [-0.2, -0.15) is 0 Å². The highest BCUT2D eigenvalue weighted by molar-refractivity contribution is 7.90. The number of nitrogens with one attached hydrogen (secondary N) is 1. The first-order valence-corrected chi connectivity index (χ1v) is 12.6. The van der Waals surface area contributed by atoms with Gasteiger partial charge < -0.3 is 24.3 Å². The fraction of sp³-hybridized carbons (Fsp3) is 0.545. The van der Waals surface area contributed by atoms with Crippen molar-refractivity contribution < 1.29 is 17.9 Å². The lowest BCUT2D eigenvalue weighted by Crippen LogP contribution is -2.44. The quantitative estimate of drug-likeness (QED) is 0.462. The predicted octanol–water partition coefficient (Wildman–Crippen LogP) is 2.54. The number of methoxy groups -OCH3 is 2. The number of thiocarbonyl (C=S) groups is 1. The Kier molecular flexibility index (Phi) is 10.1. The highest BCUT2D eigenvalue weighted by Crippen LogP contribution is 2.19. The maximum absolute atomic E-state index is 13.2. The lowest BCUT2D eigenvalue weighted by Gasteiger charge is -2.27. The van der Waals surface area contributed by atoms with E-state index in [9.17, 15) is 8.42 Å². The van der Waals surface area contributed by atoms with Gasteiger partial charge in [-0.1, -0.05) is 29.8 Å². The molecular formula is C22H34N4O4S2. The van der Waals surface area contributed by atoms with Crippen LogP contribution in [-0.4, -0.2) is 68.0 Å². The van der Waals surface area contributed by atoms with Crippen LogP contribution < -0.4 is 5.32 Å². The van der Waals surface area contributed by atoms with Crippen molar-refractivity contribution in [2.45, 2.75) is 50.8 Å². The molecule has 0 bridgehead atoms. The van der Waals surface area contributed by atoms with Gasteiger partial charge in [0.05, 0.1) is 37.4 Å². The number of imidazole rings is 1. The summed E-state index contributed by atoms with van der Waals surface area (Å²) in [7, 11) is -0.432. The van der Waals surface area contributed by atoms with E-state index in [4.69, 9.17) is 21.7 Å². The maximum Gasteiger partial charge on any atom is 0.228 e. The smallest absolute Gasteiger partial charge is 0.228 e. The Morgan fingerprint density at radius 2 is 1.84 bits per heavy atom. The number of nitrogens with zero attached hydrogens (tertiary/aromatic N) is 3. The van der Waals surface area contributed by atoms with Gasteiger partial charge in [-0.25, -0.2) is 13.4 Å². The molecule has 0 spiro atoms. The van der Waals surface area contributed by atoms with E-state index in [1.807, 2.05) is 49.9 Å². The number of hydrogen-bond acceptors (Lipinski definition) is 6. The molecule has 0 aliphatic heterocycles. The molecule has 0 aliphatic rings. The minimum Gasteiger partial charge on any atom is -0.383 e. The largest absolute Gasteiger partial charge is 0.383 e. The first-order valence-electron chi connectivity index (χ1n) is 10.5. The molecule has 1 N–H and O–H groups in total. The summed E-state index contributed by atoms with van der Waals surface area (Å²) in [6, 6.07) is 7.65. The summed E-state index contributed by atoms with van der Waals surface area (Å²) >= 11 is 5.56. The van der Waals surface area contributed by atoms with Gasteiger partial charge >= 0.3 is 0 Å². The molecule has 8 nitrogen and oxygen atoms in total. The molecule has 0 aliphatic carbocycles. The third-order valence-electron chi connectivity index (χ3n) is 4.79. The molecule has 1 aromatic carbocycles. The summed E-state index contributed by atoms with van der Waals surface area (Å²) in [5, 5.41) is 3.86. The van der Waals surface area contributed by atoms with Crippen LogP contribution in [-0.2, 0) is 38.2 Å². The summed E-state index contributed by atoms with van der Waals surface area (Å²) in [6.07, 6.45) is 1.61. The predicted molar refractivity (Wildman–Crippen MR) is 129 cm³/mol. The minimum atomic E-state index is -3.65. The van der Waals surface area contributed by atoms with Crippen LogP contribution >= 0.6 is 12.2 Å². The number of benzene rings is 1. The summed E-state index contributed by atoms with van der Waals surface area (Å²) in [5.41, 5.74) is 2.55. The van der Waals surface area contributed by atoms with Gasteiger partial charge in [0.25, 0.3) is 0 Å². The van der Waals surface area contributed by atoms with Crippen molar-refractivity contribution in [1.29, 1.82) is 0 Å². The van der Waals surface area contributed by atoms with Gasteiger partial charge in [-0.05, 0) is 38.6 Å². The van der Waals surface area contributed by atoms with Crippen LogP contribution in [0, 0.1) is 6.92 Å². The van der Waals surface area contributed by atoms with E-state index in [-0.39, 0.29) is 17.0 Å². The Morgan fingerprint density at radius 1 is 1.19 bits per heavy atom. The molecule has 2 rings (SSSR count). The zero-order chi connectivity index (χ0) is 23.7. The molecule has 178 valence electrons. The monoisotopic (exact) mass is 482 g/mol. The summed E-state index contributed by atoms with van der Waals surface area (Å²) in [5.74, 6) is -0.114. The Morgan fingerprint density at radius 3 is 2.44 bits per heavy atom. The van der Waals surface area contributed by atoms with Gasteiger partial charge in [-0.15, -0.1) is 0 Å². The second-order valence-electron chi connectivity index (χ2n) is 7.94. The number of hydrogen-bond donors (Lipinski definition) is 1. The number of rotatable bonds is 12. The topological polar surface area (TPSA) is 85.7 Å². The molecule has 2 aromatic rings. The van der Waals surface area contributed by atoms with Crippen molar-refractivity contribution >= 4 is 27.2 Å². The van der Waals surface area contributed by atoms with Crippen molar-refractivity contribution in [1.82, 2.24) is 19.8 Å². The van der Waals surface area contributed by atoms with Gasteiger partial charge in [0.15, 0.2) is 5.11 Å². The van der Waals surface area contributed by atoms with Gasteiger partial charge in [-0.3, -0.25) is 0 Å². The van der Waals surface area contributed by atoms with Crippen LogP contribution in [0.25, 0.3) is 0 Å². The Balaban J connectivity index is 2.34. The molecule has 0 unspecified atom stereocenters. The van der Waals surface area contributed by atoms with Crippen LogP contribution in [0.5, 0.6) is 0 Å². The number of sulfone groups is 1. The molecule has 1 aromatic heterocycles. The zero-order valence-corrected chi connectivity index (χ0v) is 21.1. The third-order valence-corrected chi connectivity index (χ3v) is 6.77. The molecule has 0 amide bonds. The lowest BCUT2D eigenvalue weighted by molar-refractivity contribution is 0.170. The Labute approximate surface area is 196 Å². The average molecular weight is 483 g/mol. The fourth-order valence-electron chi connectivity index (χ4n) is 3.14. The number of ether oxygens (including phenoxy) is 2. The minimum absolute atomic E-state index is 0.0413. The number of aryl methyl sites for hydroxylation is 1. The molecule has 0 saturated carbocycles. The highest BCUT2D eigenvalue weighted by Gasteiger charge is 2.25. The average Bonchev–Trinajstić information content (AvgIpc) is 3.13. The fourth-order valence-corrected chi connectivity index (χ4v) is 5.05. The molecular weight excluding hydrogens is 448 g/mol. The first kappa shape index (κ1) is 26.2. The highest BCUT2D eigenvalue weighted by atomic mass is 32.2. The molecule has 32 heavy (non-hydrogen) atoms.